The fourth-order valence-electron chi connectivity index (χ4n) is 4.47. The quantitative estimate of drug-likeness (QED) is 0.689. The third kappa shape index (κ3) is 4.84. The number of carbonyl (C=O) groups excluding carboxylic acids is 1. The van der Waals surface area contributed by atoms with Gasteiger partial charge in [-0.1, -0.05) is 45.0 Å². The highest BCUT2D eigenvalue weighted by Crippen LogP contribution is 2.35. The first-order chi connectivity index (χ1) is 15.1. The van der Waals surface area contributed by atoms with E-state index in [1.807, 2.05) is 45.0 Å². The number of amides is 1. The van der Waals surface area contributed by atoms with Gasteiger partial charge >= 0.3 is 0 Å². The molecule has 1 aliphatic heterocycles. The summed E-state index contributed by atoms with van der Waals surface area (Å²) in [6.07, 6.45) is 4.79. The molecule has 2 N–H and O–H groups in total. The van der Waals surface area contributed by atoms with Crippen molar-refractivity contribution < 1.29 is 13.2 Å². The summed E-state index contributed by atoms with van der Waals surface area (Å²) < 4.78 is 30.3. The predicted octanol–water partition coefficient (Wildman–Crippen LogP) is 4.63. The lowest BCUT2D eigenvalue weighted by Gasteiger charge is -2.28. The van der Waals surface area contributed by atoms with Gasteiger partial charge in [0.1, 0.15) is 4.90 Å². The van der Waals surface area contributed by atoms with Gasteiger partial charge in [0, 0.05) is 30.2 Å². The largest absolute Gasteiger partial charge is 0.370 e. The van der Waals surface area contributed by atoms with E-state index >= 15 is 0 Å². The van der Waals surface area contributed by atoms with E-state index in [2.05, 4.69) is 21.0 Å². The Labute approximate surface area is 191 Å². The van der Waals surface area contributed by atoms with Crippen LogP contribution in [0.5, 0.6) is 0 Å². The minimum Gasteiger partial charge on any atom is -0.370 e. The van der Waals surface area contributed by atoms with Crippen LogP contribution in [-0.4, -0.2) is 27.4 Å². The second-order valence-electron chi connectivity index (χ2n) is 9.85. The summed E-state index contributed by atoms with van der Waals surface area (Å²) in [7, 11) is -3.81. The molecule has 2 aromatic carbocycles. The molecular formula is C25H33N3O3S. The molecular weight excluding hydrogens is 422 g/mol. The number of rotatable bonds is 5. The third-order valence-electron chi connectivity index (χ3n) is 6.30. The van der Waals surface area contributed by atoms with Gasteiger partial charge < -0.3 is 10.2 Å². The molecule has 4 rings (SSSR count). The zero-order chi connectivity index (χ0) is 22.9. The van der Waals surface area contributed by atoms with E-state index < -0.39 is 15.4 Å². The van der Waals surface area contributed by atoms with E-state index in [1.54, 1.807) is 12.1 Å². The van der Waals surface area contributed by atoms with Crippen LogP contribution in [0.25, 0.3) is 0 Å². The summed E-state index contributed by atoms with van der Waals surface area (Å²) in [5.41, 5.74) is 2.89. The molecule has 2 aromatic rings. The summed E-state index contributed by atoms with van der Waals surface area (Å²) in [6, 6.07) is 13.0. The first-order valence-electron chi connectivity index (χ1n) is 11.5. The van der Waals surface area contributed by atoms with Gasteiger partial charge in [0.15, 0.2) is 0 Å². The van der Waals surface area contributed by atoms with E-state index in [0.29, 0.717) is 11.4 Å². The molecule has 1 amide bonds. The fraction of sp³-hybridized carbons (Fsp3) is 0.480. The number of hydrogen-bond acceptors (Lipinski definition) is 4. The highest BCUT2D eigenvalue weighted by molar-refractivity contribution is 7.89. The normalized spacial score (nSPS) is 19.0. The molecule has 1 atom stereocenters. The molecule has 1 aliphatic carbocycles. The molecule has 0 bridgehead atoms. The summed E-state index contributed by atoms with van der Waals surface area (Å²) in [5.74, 6) is -0.149. The predicted molar refractivity (Wildman–Crippen MR) is 128 cm³/mol. The average Bonchev–Trinajstić information content (AvgIpc) is 3.28. The maximum absolute atomic E-state index is 13.7. The Morgan fingerprint density at radius 2 is 1.75 bits per heavy atom. The summed E-state index contributed by atoms with van der Waals surface area (Å²) in [6.45, 7) is 7.17. The molecule has 6 nitrogen and oxygen atoms in total. The minimum atomic E-state index is -3.81. The van der Waals surface area contributed by atoms with Crippen LogP contribution in [0.1, 0.15) is 63.6 Å². The zero-order valence-corrected chi connectivity index (χ0v) is 20.0. The van der Waals surface area contributed by atoms with Gasteiger partial charge in [-0.3, -0.25) is 4.79 Å². The molecule has 0 radical (unpaired) electrons. The molecule has 1 saturated heterocycles. The topological polar surface area (TPSA) is 78.5 Å². The van der Waals surface area contributed by atoms with Crippen molar-refractivity contribution in [3.63, 3.8) is 0 Å². The van der Waals surface area contributed by atoms with Crippen molar-refractivity contribution in [1.82, 2.24) is 4.72 Å². The molecule has 2 aliphatic rings. The van der Waals surface area contributed by atoms with Gasteiger partial charge in [0.05, 0.1) is 5.69 Å². The molecule has 0 spiro atoms. The number of nitrogens with zero attached hydrogens (tertiary/aromatic N) is 1. The zero-order valence-electron chi connectivity index (χ0n) is 19.1. The lowest BCUT2D eigenvalue weighted by Crippen LogP contribution is -2.33. The first-order valence-corrected chi connectivity index (χ1v) is 12.9. The number of fused-ring (bicyclic) bond motifs is 1. The number of benzene rings is 2. The van der Waals surface area contributed by atoms with Crippen LogP contribution in [0.3, 0.4) is 0 Å². The van der Waals surface area contributed by atoms with Crippen LogP contribution < -0.4 is 14.9 Å². The van der Waals surface area contributed by atoms with Gasteiger partial charge in [0.25, 0.3) is 0 Å². The fourth-order valence-corrected chi connectivity index (χ4v) is 5.97. The van der Waals surface area contributed by atoms with Gasteiger partial charge in [-0.25, -0.2) is 13.1 Å². The highest BCUT2D eigenvalue weighted by Gasteiger charge is 2.30. The average molecular weight is 456 g/mol. The van der Waals surface area contributed by atoms with Crippen molar-refractivity contribution in [2.75, 3.05) is 23.3 Å². The lowest BCUT2D eigenvalue weighted by atomic mass is 9.88. The van der Waals surface area contributed by atoms with Crippen molar-refractivity contribution in [2.24, 2.45) is 5.41 Å². The van der Waals surface area contributed by atoms with Crippen LogP contribution in [0, 0.1) is 5.41 Å². The Kier molecular flexibility index (Phi) is 6.32. The standard InChI is InChI=1S/C25H33N3O3S/c1-25(2,3)24(29)26-19-13-14-22(28-15-6-7-16-28)23(17-19)32(30,31)27-21-12-8-10-18-9-4-5-11-20(18)21/h4-5,9,11,13-14,17,21,27H,6-8,10,12,15-16H2,1-3H3,(H,26,29)/t21-/m0/s1. The van der Waals surface area contributed by atoms with E-state index in [1.165, 1.54) is 5.56 Å². The summed E-state index contributed by atoms with van der Waals surface area (Å²) in [4.78, 5) is 14.9. The Morgan fingerprint density at radius 3 is 2.47 bits per heavy atom. The summed E-state index contributed by atoms with van der Waals surface area (Å²) >= 11 is 0. The Balaban J connectivity index is 1.69. The van der Waals surface area contributed by atoms with Crippen molar-refractivity contribution >= 4 is 27.3 Å². The van der Waals surface area contributed by atoms with Gasteiger partial charge in [-0.05, 0) is 61.4 Å². The lowest BCUT2D eigenvalue weighted by molar-refractivity contribution is -0.123. The Bertz CT molecular complexity index is 1100. The Morgan fingerprint density at radius 1 is 1.03 bits per heavy atom. The number of anilines is 2. The number of hydrogen-bond donors (Lipinski definition) is 2. The van der Waals surface area contributed by atoms with E-state index in [4.69, 9.17) is 0 Å². The number of sulfonamides is 1. The Hall–Kier alpha value is -2.38. The van der Waals surface area contributed by atoms with Crippen molar-refractivity contribution in [3.8, 4) is 0 Å². The molecule has 7 heteroatoms. The van der Waals surface area contributed by atoms with Gasteiger partial charge in [0.2, 0.25) is 15.9 Å². The molecule has 172 valence electrons. The van der Waals surface area contributed by atoms with E-state index in [0.717, 1.165) is 50.8 Å². The van der Waals surface area contributed by atoms with Crippen LogP contribution in [0.4, 0.5) is 11.4 Å². The van der Waals surface area contributed by atoms with Crippen LogP contribution in [-0.2, 0) is 21.2 Å². The number of carbonyl (C=O) groups is 1. The van der Waals surface area contributed by atoms with Gasteiger partial charge in [-0.2, -0.15) is 0 Å². The van der Waals surface area contributed by atoms with Crippen molar-refractivity contribution in [1.29, 1.82) is 0 Å². The second kappa shape index (κ2) is 8.87. The molecule has 0 unspecified atom stereocenters. The van der Waals surface area contributed by atoms with E-state index in [-0.39, 0.29) is 16.8 Å². The van der Waals surface area contributed by atoms with Crippen molar-refractivity contribution in [3.05, 3.63) is 53.6 Å². The molecule has 0 saturated carbocycles. The smallest absolute Gasteiger partial charge is 0.243 e. The van der Waals surface area contributed by atoms with Crippen LogP contribution in [0.15, 0.2) is 47.4 Å². The highest BCUT2D eigenvalue weighted by atomic mass is 32.2. The van der Waals surface area contributed by atoms with Crippen LogP contribution in [0.2, 0.25) is 0 Å². The number of aryl methyl sites for hydroxylation is 1. The second-order valence-corrected chi connectivity index (χ2v) is 11.5. The number of nitrogens with one attached hydrogen (secondary N) is 2. The monoisotopic (exact) mass is 455 g/mol. The molecule has 0 aromatic heterocycles. The SMILES string of the molecule is CC(C)(C)C(=O)Nc1ccc(N2CCCC2)c(S(=O)(=O)N[C@H]2CCCc3ccccc32)c1. The van der Waals surface area contributed by atoms with Gasteiger partial charge in [-0.15, -0.1) is 0 Å². The van der Waals surface area contributed by atoms with Crippen molar-refractivity contribution in [2.45, 2.75) is 63.8 Å². The maximum Gasteiger partial charge on any atom is 0.243 e. The van der Waals surface area contributed by atoms with Crippen LogP contribution >= 0.6 is 0 Å². The first kappa shape index (κ1) is 22.8. The van der Waals surface area contributed by atoms with E-state index in [9.17, 15) is 13.2 Å². The maximum atomic E-state index is 13.7. The molecule has 1 heterocycles. The molecule has 1 fully saturated rings. The third-order valence-corrected chi connectivity index (χ3v) is 7.80. The molecule has 32 heavy (non-hydrogen) atoms. The summed E-state index contributed by atoms with van der Waals surface area (Å²) in [5, 5.41) is 2.88. The minimum absolute atomic E-state index is 0.149.